The summed E-state index contributed by atoms with van der Waals surface area (Å²) in [6, 6.07) is 17.1. The molecule has 0 aliphatic heterocycles. The van der Waals surface area contributed by atoms with Crippen molar-refractivity contribution < 1.29 is 0 Å². The molecule has 32 heavy (non-hydrogen) atoms. The summed E-state index contributed by atoms with van der Waals surface area (Å²) in [5, 5.41) is 8.15. The lowest BCUT2D eigenvalue weighted by Crippen LogP contribution is -2.25. The summed E-state index contributed by atoms with van der Waals surface area (Å²) in [6.45, 7) is 5.99. The molecule has 0 bridgehead atoms. The zero-order chi connectivity index (χ0) is 22.6. The molecule has 3 heterocycles. The van der Waals surface area contributed by atoms with Crippen LogP contribution in [0.4, 0.5) is 5.69 Å². The summed E-state index contributed by atoms with van der Waals surface area (Å²) >= 11 is 6.12. The second-order valence-electron chi connectivity index (χ2n) is 8.72. The van der Waals surface area contributed by atoms with Crippen molar-refractivity contribution >= 4 is 34.0 Å². The predicted molar refractivity (Wildman–Crippen MR) is 128 cm³/mol. The van der Waals surface area contributed by atoms with Gasteiger partial charge in [0.05, 0.1) is 11.1 Å². The number of nitrogen functional groups attached to an aromatic ring is 1. The topological polar surface area (TPSA) is 102 Å². The van der Waals surface area contributed by atoms with Crippen molar-refractivity contribution in [2.75, 3.05) is 5.73 Å². The molecule has 0 atom stereocenters. The van der Waals surface area contributed by atoms with Crippen molar-refractivity contribution in [1.29, 1.82) is 0 Å². The van der Waals surface area contributed by atoms with E-state index in [-0.39, 0.29) is 5.69 Å². The molecule has 0 spiro atoms. The first kappa shape index (κ1) is 20.2. The fourth-order valence-electron chi connectivity index (χ4n) is 3.85. The van der Waals surface area contributed by atoms with Gasteiger partial charge in [0.15, 0.2) is 11.3 Å². The Balaban J connectivity index is 1.94. The van der Waals surface area contributed by atoms with Crippen molar-refractivity contribution in [2.45, 2.75) is 26.2 Å². The summed E-state index contributed by atoms with van der Waals surface area (Å²) in [5.74, 6) is 0.581. The number of benzene rings is 2. The van der Waals surface area contributed by atoms with E-state index >= 15 is 0 Å². The maximum absolute atomic E-state index is 12.6. The third-order valence-electron chi connectivity index (χ3n) is 5.38. The van der Waals surface area contributed by atoms with Gasteiger partial charge in [0.2, 0.25) is 0 Å². The van der Waals surface area contributed by atoms with E-state index in [2.05, 4.69) is 10.2 Å². The highest BCUT2D eigenvalue weighted by Gasteiger charge is 2.25. The lowest BCUT2D eigenvalue weighted by Gasteiger charge is -2.20. The average molecular weight is 445 g/mol. The highest BCUT2D eigenvalue weighted by atomic mass is 35.5. The van der Waals surface area contributed by atoms with Gasteiger partial charge in [-0.05, 0) is 29.8 Å². The van der Waals surface area contributed by atoms with E-state index in [0.717, 1.165) is 16.7 Å². The molecule has 0 saturated heterocycles. The van der Waals surface area contributed by atoms with Crippen LogP contribution in [0.5, 0.6) is 0 Å². The van der Waals surface area contributed by atoms with Gasteiger partial charge in [-0.15, -0.1) is 0 Å². The Morgan fingerprint density at radius 1 is 1.00 bits per heavy atom. The molecular weight excluding hydrogens is 424 g/mol. The fourth-order valence-corrected chi connectivity index (χ4v) is 3.97. The van der Waals surface area contributed by atoms with Gasteiger partial charge in [0.1, 0.15) is 5.82 Å². The van der Waals surface area contributed by atoms with E-state index in [4.69, 9.17) is 27.3 Å². The maximum Gasteiger partial charge on any atom is 0.349 e. The SMILES string of the molecule is CC(C)(C)c1nc2nc(-c3ccccc3N)c(-c3ccc(Cl)cc3)cc2c2n[nH]c(=O)n12. The van der Waals surface area contributed by atoms with Crippen molar-refractivity contribution in [3.63, 3.8) is 0 Å². The van der Waals surface area contributed by atoms with Crippen LogP contribution in [0.25, 0.3) is 39.1 Å². The lowest BCUT2D eigenvalue weighted by atomic mass is 9.94. The summed E-state index contributed by atoms with van der Waals surface area (Å²) in [6.07, 6.45) is 0. The van der Waals surface area contributed by atoms with Gasteiger partial charge in [-0.2, -0.15) is 5.10 Å². The number of para-hydroxylation sites is 1. The van der Waals surface area contributed by atoms with Crippen molar-refractivity contribution in [3.8, 4) is 22.4 Å². The Labute approximate surface area is 188 Å². The zero-order valence-electron chi connectivity index (χ0n) is 17.8. The van der Waals surface area contributed by atoms with Crippen LogP contribution in [0.1, 0.15) is 26.6 Å². The van der Waals surface area contributed by atoms with Gasteiger partial charge in [-0.3, -0.25) is 0 Å². The Bertz CT molecular complexity index is 1540. The monoisotopic (exact) mass is 444 g/mol. The summed E-state index contributed by atoms with van der Waals surface area (Å²) in [7, 11) is 0. The van der Waals surface area contributed by atoms with Crippen LogP contribution < -0.4 is 11.4 Å². The molecule has 0 unspecified atom stereocenters. The number of pyridine rings is 1. The molecule has 5 rings (SSSR count). The fraction of sp³-hybridized carbons (Fsp3) is 0.167. The van der Waals surface area contributed by atoms with Crippen LogP contribution in [-0.2, 0) is 5.41 Å². The summed E-state index contributed by atoms with van der Waals surface area (Å²) < 4.78 is 1.52. The molecule has 0 amide bonds. The van der Waals surface area contributed by atoms with Crippen LogP contribution in [0.15, 0.2) is 59.4 Å². The molecule has 2 aromatic carbocycles. The Morgan fingerprint density at radius 3 is 2.41 bits per heavy atom. The minimum atomic E-state index is -0.400. The van der Waals surface area contributed by atoms with Crippen LogP contribution in [0, 0.1) is 0 Å². The lowest BCUT2D eigenvalue weighted by molar-refractivity contribution is 0.535. The van der Waals surface area contributed by atoms with Crippen molar-refractivity contribution in [3.05, 3.63) is 75.9 Å². The van der Waals surface area contributed by atoms with E-state index in [1.165, 1.54) is 4.40 Å². The van der Waals surface area contributed by atoms with E-state index < -0.39 is 5.41 Å². The third-order valence-corrected chi connectivity index (χ3v) is 5.63. The molecule has 3 N–H and O–H groups in total. The number of rotatable bonds is 2. The predicted octanol–water partition coefficient (Wildman–Crippen LogP) is 4.83. The summed E-state index contributed by atoms with van der Waals surface area (Å²) in [5.41, 5.74) is 10.4. The zero-order valence-corrected chi connectivity index (χ0v) is 18.6. The number of nitrogens with zero attached hydrogens (tertiary/aromatic N) is 4. The molecule has 0 aliphatic carbocycles. The second kappa shape index (κ2) is 7.17. The van der Waals surface area contributed by atoms with Crippen molar-refractivity contribution in [2.24, 2.45) is 0 Å². The quantitative estimate of drug-likeness (QED) is 0.379. The number of halogens is 1. The number of nitrogens with two attached hydrogens (primary N) is 1. The molecular formula is C24H21ClN6O. The number of fused-ring (bicyclic) bond motifs is 3. The van der Waals surface area contributed by atoms with Crippen LogP contribution in [-0.4, -0.2) is 24.6 Å². The number of aromatic amines is 1. The van der Waals surface area contributed by atoms with Gasteiger partial charge in [-0.1, -0.05) is 62.7 Å². The van der Waals surface area contributed by atoms with E-state index in [0.29, 0.717) is 38.9 Å². The molecule has 0 fully saturated rings. The van der Waals surface area contributed by atoms with E-state index in [1.54, 1.807) is 0 Å². The Morgan fingerprint density at radius 2 is 1.72 bits per heavy atom. The van der Waals surface area contributed by atoms with Gasteiger partial charge < -0.3 is 5.73 Å². The number of anilines is 1. The molecule has 8 heteroatoms. The van der Waals surface area contributed by atoms with Crippen LogP contribution in [0.3, 0.4) is 0 Å². The summed E-state index contributed by atoms with van der Waals surface area (Å²) in [4.78, 5) is 22.3. The molecule has 0 radical (unpaired) electrons. The highest BCUT2D eigenvalue weighted by molar-refractivity contribution is 6.30. The van der Waals surface area contributed by atoms with Gasteiger partial charge in [0, 0.05) is 27.3 Å². The minimum Gasteiger partial charge on any atom is -0.398 e. The van der Waals surface area contributed by atoms with Gasteiger partial charge in [-0.25, -0.2) is 24.3 Å². The molecule has 0 aliphatic rings. The smallest absolute Gasteiger partial charge is 0.349 e. The largest absolute Gasteiger partial charge is 0.398 e. The first-order chi connectivity index (χ1) is 15.2. The van der Waals surface area contributed by atoms with E-state index in [1.807, 2.05) is 75.4 Å². The first-order valence-corrected chi connectivity index (χ1v) is 10.5. The van der Waals surface area contributed by atoms with Crippen LogP contribution >= 0.6 is 11.6 Å². The van der Waals surface area contributed by atoms with Crippen LogP contribution in [0.2, 0.25) is 5.02 Å². The first-order valence-electron chi connectivity index (χ1n) is 10.2. The highest BCUT2D eigenvalue weighted by Crippen LogP contribution is 2.37. The Hall–Kier alpha value is -3.71. The molecule has 0 saturated carbocycles. The normalized spacial score (nSPS) is 12.0. The maximum atomic E-state index is 12.6. The third kappa shape index (κ3) is 3.22. The van der Waals surface area contributed by atoms with Gasteiger partial charge in [0.25, 0.3) is 0 Å². The van der Waals surface area contributed by atoms with E-state index in [9.17, 15) is 4.79 Å². The number of H-pyrrole nitrogens is 1. The molecule has 160 valence electrons. The molecule has 3 aromatic heterocycles. The number of nitrogens with one attached hydrogen (secondary N) is 1. The number of hydrogen-bond acceptors (Lipinski definition) is 5. The van der Waals surface area contributed by atoms with Crippen molar-refractivity contribution in [1.82, 2.24) is 24.6 Å². The number of aromatic nitrogens is 5. The second-order valence-corrected chi connectivity index (χ2v) is 9.16. The Kier molecular flexibility index (Phi) is 4.53. The minimum absolute atomic E-state index is 0.330. The van der Waals surface area contributed by atoms with Gasteiger partial charge >= 0.3 is 5.69 Å². The molecule has 7 nitrogen and oxygen atoms in total. The standard InChI is InChI=1S/C24H21ClN6O/c1-24(2,3)22-28-20-17(21-29-30-23(32)31(21)22)12-16(13-8-10-14(25)11-9-13)19(27-20)15-6-4-5-7-18(15)26/h4-12H,26H2,1-3H3,(H,30,32). The number of hydrogen-bond donors (Lipinski definition) is 2. The average Bonchev–Trinajstić information content (AvgIpc) is 3.14. The molecule has 5 aromatic rings.